The highest BCUT2D eigenvalue weighted by Crippen LogP contribution is 2.27. The van der Waals surface area contributed by atoms with Gasteiger partial charge in [-0.1, -0.05) is 50.6 Å². The molecule has 1 aromatic carbocycles. The fourth-order valence-corrected chi connectivity index (χ4v) is 2.81. The molecule has 1 atom stereocenters. The minimum Gasteiger partial charge on any atom is -0.345 e. The van der Waals surface area contributed by atoms with Gasteiger partial charge in [-0.3, -0.25) is 4.79 Å². The fourth-order valence-electron chi connectivity index (χ4n) is 1.93. The van der Waals surface area contributed by atoms with Gasteiger partial charge in [-0.15, -0.1) is 11.3 Å². The van der Waals surface area contributed by atoms with Crippen molar-refractivity contribution < 1.29 is 4.79 Å². The average Bonchev–Trinajstić information content (AvgIpc) is 2.88. The summed E-state index contributed by atoms with van der Waals surface area (Å²) in [6, 6.07) is 8.20. The van der Waals surface area contributed by atoms with Gasteiger partial charge in [0, 0.05) is 5.41 Å². The minimum absolute atomic E-state index is 0.0155. The lowest BCUT2D eigenvalue weighted by Gasteiger charge is -2.14. The molecule has 112 valence electrons. The van der Waals surface area contributed by atoms with Gasteiger partial charge >= 0.3 is 0 Å². The maximum atomic E-state index is 12.3. The Balaban J connectivity index is 2.07. The number of aromatic nitrogens is 1. The summed E-state index contributed by atoms with van der Waals surface area (Å²) in [6.07, 6.45) is 1.67. The summed E-state index contributed by atoms with van der Waals surface area (Å²) in [7, 11) is 0. The van der Waals surface area contributed by atoms with Crippen molar-refractivity contribution in [2.45, 2.75) is 46.1 Å². The summed E-state index contributed by atoms with van der Waals surface area (Å²) in [4.78, 5) is 17.3. The number of nitrogens with zero attached hydrogens (tertiary/aromatic N) is 1. The maximum absolute atomic E-state index is 12.3. The van der Waals surface area contributed by atoms with Gasteiger partial charge in [0.1, 0.15) is 4.88 Å². The van der Waals surface area contributed by atoms with E-state index in [1.54, 1.807) is 6.20 Å². The van der Waals surface area contributed by atoms with E-state index in [1.807, 2.05) is 19.1 Å². The number of benzene rings is 1. The SMILES string of the molecule is Cc1ccc(C(C)NC(=O)c2cnc(C(C)(C)C)s2)cc1. The molecule has 1 N–H and O–H groups in total. The molecular weight excluding hydrogens is 280 g/mol. The van der Waals surface area contributed by atoms with E-state index in [4.69, 9.17) is 0 Å². The van der Waals surface area contributed by atoms with Crippen LogP contribution in [0.1, 0.15) is 59.5 Å². The highest BCUT2D eigenvalue weighted by molar-refractivity contribution is 7.13. The number of hydrogen-bond donors (Lipinski definition) is 1. The van der Waals surface area contributed by atoms with Crippen molar-refractivity contribution >= 4 is 17.2 Å². The van der Waals surface area contributed by atoms with Crippen molar-refractivity contribution in [3.63, 3.8) is 0 Å². The second kappa shape index (κ2) is 5.98. The van der Waals surface area contributed by atoms with E-state index < -0.39 is 0 Å². The molecule has 1 aromatic heterocycles. The number of hydrogen-bond acceptors (Lipinski definition) is 3. The summed E-state index contributed by atoms with van der Waals surface area (Å²) in [5.74, 6) is -0.0592. The third kappa shape index (κ3) is 3.91. The lowest BCUT2D eigenvalue weighted by Crippen LogP contribution is -2.25. The first-order valence-electron chi connectivity index (χ1n) is 7.11. The number of aryl methyl sites for hydroxylation is 1. The summed E-state index contributed by atoms with van der Waals surface area (Å²) in [5, 5.41) is 4.01. The molecule has 0 saturated carbocycles. The molecule has 0 fully saturated rings. The molecule has 2 rings (SSSR count). The Morgan fingerprint density at radius 1 is 1.24 bits per heavy atom. The smallest absolute Gasteiger partial charge is 0.263 e. The predicted molar refractivity (Wildman–Crippen MR) is 87.9 cm³/mol. The number of amides is 1. The number of thiazole rings is 1. The molecule has 1 heterocycles. The third-order valence-electron chi connectivity index (χ3n) is 3.30. The molecule has 0 aliphatic rings. The number of nitrogens with one attached hydrogen (secondary N) is 1. The summed E-state index contributed by atoms with van der Waals surface area (Å²) >= 11 is 1.46. The van der Waals surface area contributed by atoms with E-state index in [0.29, 0.717) is 4.88 Å². The normalized spacial score (nSPS) is 13.0. The maximum Gasteiger partial charge on any atom is 0.263 e. The van der Waals surface area contributed by atoms with E-state index >= 15 is 0 Å². The molecular formula is C17H22N2OS. The summed E-state index contributed by atoms with van der Waals surface area (Å²) in [5.41, 5.74) is 2.30. The first-order valence-corrected chi connectivity index (χ1v) is 7.93. The molecule has 3 nitrogen and oxygen atoms in total. The first kappa shape index (κ1) is 15.7. The van der Waals surface area contributed by atoms with Crippen molar-refractivity contribution in [1.29, 1.82) is 0 Å². The lowest BCUT2D eigenvalue weighted by atomic mass is 9.98. The average molecular weight is 302 g/mol. The monoisotopic (exact) mass is 302 g/mol. The third-order valence-corrected chi connectivity index (χ3v) is 4.72. The second-order valence-electron chi connectivity index (χ2n) is 6.39. The van der Waals surface area contributed by atoms with Crippen LogP contribution >= 0.6 is 11.3 Å². The highest BCUT2D eigenvalue weighted by Gasteiger charge is 2.21. The fraction of sp³-hybridized carbons (Fsp3) is 0.412. The Morgan fingerprint density at radius 3 is 2.38 bits per heavy atom. The second-order valence-corrected chi connectivity index (χ2v) is 7.42. The zero-order valence-corrected chi connectivity index (χ0v) is 14.0. The molecule has 21 heavy (non-hydrogen) atoms. The van der Waals surface area contributed by atoms with Crippen LogP contribution in [-0.4, -0.2) is 10.9 Å². The molecule has 0 aliphatic carbocycles. The van der Waals surface area contributed by atoms with Gasteiger partial charge in [-0.05, 0) is 19.4 Å². The highest BCUT2D eigenvalue weighted by atomic mass is 32.1. The van der Waals surface area contributed by atoms with Gasteiger partial charge in [0.25, 0.3) is 5.91 Å². The van der Waals surface area contributed by atoms with E-state index in [1.165, 1.54) is 16.9 Å². The van der Waals surface area contributed by atoms with Crippen LogP contribution < -0.4 is 5.32 Å². The summed E-state index contributed by atoms with van der Waals surface area (Å²) < 4.78 is 0. The van der Waals surface area contributed by atoms with Gasteiger partial charge in [-0.2, -0.15) is 0 Å². The molecule has 2 aromatic rings. The van der Waals surface area contributed by atoms with E-state index in [2.05, 4.69) is 50.1 Å². The summed E-state index contributed by atoms with van der Waals surface area (Å²) in [6.45, 7) is 10.3. The van der Waals surface area contributed by atoms with Crippen LogP contribution in [0.2, 0.25) is 0 Å². The molecule has 0 bridgehead atoms. The molecule has 4 heteroatoms. The van der Waals surface area contributed by atoms with Gasteiger partial charge in [0.05, 0.1) is 17.2 Å². The quantitative estimate of drug-likeness (QED) is 0.921. The Bertz CT molecular complexity index is 623. The Morgan fingerprint density at radius 2 is 1.86 bits per heavy atom. The molecule has 0 radical (unpaired) electrons. The van der Waals surface area contributed by atoms with Crippen LogP contribution in [0.25, 0.3) is 0 Å². The van der Waals surface area contributed by atoms with Gasteiger partial charge in [0.2, 0.25) is 0 Å². The van der Waals surface area contributed by atoms with E-state index in [-0.39, 0.29) is 17.4 Å². The van der Waals surface area contributed by atoms with Gasteiger partial charge < -0.3 is 5.32 Å². The van der Waals surface area contributed by atoms with Crippen molar-refractivity contribution in [2.24, 2.45) is 0 Å². The van der Waals surface area contributed by atoms with Crippen molar-refractivity contribution in [3.05, 3.63) is 51.5 Å². The number of carbonyl (C=O) groups excluding carboxylic acids is 1. The van der Waals surface area contributed by atoms with Crippen LogP contribution in [-0.2, 0) is 5.41 Å². The van der Waals surface area contributed by atoms with Crippen molar-refractivity contribution in [3.8, 4) is 0 Å². The first-order chi connectivity index (χ1) is 9.77. The number of rotatable bonds is 3. The molecule has 1 amide bonds. The molecule has 0 spiro atoms. The Hall–Kier alpha value is -1.68. The van der Waals surface area contributed by atoms with Crippen LogP contribution in [0.4, 0.5) is 0 Å². The zero-order valence-electron chi connectivity index (χ0n) is 13.2. The van der Waals surface area contributed by atoms with E-state index in [0.717, 1.165) is 10.6 Å². The minimum atomic E-state index is -0.0592. The predicted octanol–water partition coefficient (Wildman–Crippen LogP) is 4.24. The van der Waals surface area contributed by atoms with Crippen LogP contribution in [0.3, 0.4) is 0 Å². The molecule has 0 saturated heterocycles. The largest absolute Gasteiger partial charge is 0.345 e. The Labute approximate surface area is 130 Å². The van der Waals surface area contributed by atoms with Crippen LogP contribution in [0.5, 0.6) is 0 Å². The van der Waals surface area contributed by atoms with E-state index in [9.17, 15) is 4.79 Å². The van der Waals surface area contributed by atoms with Crippen molar-refractivity contribution in [1.82, 2.24) is 10.3 Å². The van der Waals surface area contributed by atoms with Gasteiger partial charge in [0.15, 0.2) is 0 Å². The number of carbonyl (C=O) groups is 1. The van der Waals surface area contributed by atoms with Gasteiger partial charge in [-0.25, -0.2) is 4.98 Å². The lowest BCUT2D eigenvalue weighted by molar-refractivity contribution is 0.0944. The van der Waals surface area contributed by atoms with Crippen LogP contribution in [0.15, 0.2) is 30.5 Å². The Kier molecular flexibility index (Phi) is 4.47. The molecule has 0 aliphatic heterocycles. The standard InChI is InChI=1S/C17H22N2OS/c1-11-6-8-13(9-7-11)12(2)19-15(20)14-10-18-16(21-14)17(3,4)5/h6-10,12H,1-5H3,(H,19,20). The van der Waals surface area contributed by atoms with Crippen molar-refractivity contribution in [2.75, 3.05) is 0 Å². The topological polar surface area (TPSA) is 42.0 Å². The molecule has 1 unspecified atom stereocenters. The zero-order chi connectivity index (χ0) is 15.6. The van der Waals surface area contributed by atoms with Crippen LogP contribution in [0, 0.1) is 6.92 Å².